The highest BCUT2D eigenvalue weighted by atomic mass is 79.9. The molecule has 166 valence electrons. The van der Waals surface area contributed by atoms with E-state index in [1.54, 1.807) is 10.9 Å². The van der Waals surface area contributed by atoms with Crippen LogP contribution in [0.5, 0.6) is 5.75 Å². The smallest absolute Gasteiger partial charge is 0.360 e. The fourth-order valence-corrected chi connectivity index (χ4v) is 6.70. The fourth-order valence-electron chi connectivity index (χ4n) is 6.22. The molecule has 0 radical (unpaired) electrons. The maximum Gasteiger partial charge on any atom is 0.360 e. The van der Waals surface area contributed by atoms with E-state index in [0.29, 0.717) is 29.9 Å². The van der Waals surface area contributed by atoms with Crippen LogP contribution in [0.3, 0.4) is 0 Å². The minimum Gasteiger partial charge on any atom is -0.487 e. The lowest BCUT2D eigenvalue weighted by Gasteiger charge is -2.63. The lowest BCUT2D eigenvalue weighted by Crippen LogP contribution is -2.66. The van der Waals surface area contributed by atoms with E-state index in [1.807, 2.05) is 25.1 Å². The average Bonchev–Trinajstić information content (AvgIpc) is 3.12. The topological polar surface area (TPSA) is 62.6 Å². The molecule has 6 atom stereocenters. The molecule has 0 N–H and O–H groups in total. The number of aromatic nitrogens is 2. The van der Waals surface area contributed by atoms with Gasteiger partial charge in [0.25, 0.3) is 0 Å². The highest BCUT2D eigenvalue weighted by Crippen LogP contribution is 2.63. The molecule has 31 heavy (non-hydrogen) atoms. The van der Waals surface area contributed by atoms with E-state index in [2.05, 4.69) is 47.9 Å². The van der Waals surface area contributed by atoms with Crippen molar-refractivity contribution >= 4 is 21.9 Å². The lowest BCUT2D eigenvalue weighted by molar-refractivity contribution is -0.259. The molecule has 1 aromatic carbocycles. The fraction of sp³-hybridized carbons (Fsp3) is 0.583. The molecule has 6 nitrogen and oxygen atoms in total. The van der Waals surface area contributed by atoms with Crippen LogP contribution >= 0.6 is 15.9 Å². The number of benzene rings is 1. The van der Waals surface area contributed by atoms with Crippen molar-refractivity contribution in [2.45, 2.75) is 52.4 Å². The molecular weight excluding hydrogens is 460 g/mol. The molecule has 0 amide bonds. The molecule has 0 spiro atoms. The summed E-state index contributed by atoms with van der Waals surface area (Å²) in [6, 6.07) is 8.21. The third-order valence-electron chi connectivity index (χ3n) is 7.98. The Bertz CT molecular complexity index is 1020. The van der Waals surface area contributed by atoms with Crippen LogP contribution in [0.2, 0.25) is 0 Å². The summed E-state index contributed by atoms with van der Waals surface area (Å²) < 4.78 is 21.4. The second-order valence-corrected chi connectivity index (χ2v) is 10.4. The standard InChI is InChI=1S/C24H29BrN2O4/c1-5-27-11-17(25)20(26-27)22(28)30-13-24-12-29-21-16-8-6-7-9-18(16)31-23(4,10-14(24)2)19(21)15(24)3/h6-9,11,14-15,19,21H,5,10,12-13H2,1-4H3/t14-,15+,19-,21+,23+,24-/m0/s1. The first kappa shape index (κ1) is 21.0. The van der Waals surface area contributed by atoms with Crippen molar-refractivity contribution in [3.8, 4) is 5.75 Å². The van der Waals surface area contributed by atoms with E-state index in [1.165, 1.54) is 0 Å². The molecule has 1 aliphatic carbocycles. The zero-order valence-corrected chi connectivity index (χ0v) is 20.0. The van der Waals surface area contributed by atoms with Gasteiger partial charge in [-0.1, -0.05) is 32.0 Å². The monoisotopic (exact) mass is 488 g/mol. The van der Waals surface area contributed by atoms with Crippen LogP contribution in [0.15, 0.2) is 34.9 Å². The van der Waals surface area contributed by atoms with Crippen LogP contribution in [0.4, 0.5) is 0 Å². The first-order valence-electron chi connectivity index (χ1n) is 11.1. The number of hydrogen-bond donors (Lipinski definition) is 0. The largest absolute Gasteiger partial charge is 0.487 e. The Morgan fingerprint density at radius 1 is 1.35 bits per heavy atom. The van der Waals surface area contributed by atoms with Crippen molar-refractivity contribution in [1.29, 1.82) is 0 Å². The Hall–Kier alpha value is -1.86. The third-order valence-corrected chi connectivity index (χ3v) is 8.56. The van der Waals surface area contributed by atoms with Gasteiger partial charge in [-0.05, 0) is 54.1 Å². The summed E-state index contributed by atoms with van der Waals surface area (Å²) in [5.41, 5.74) is 0.912. The third kappa shape index (κ3) is 3.07. The van der Waals surface area contributed by atoms with Crippen LogP contribution < -0.4 is 4.74 Å². The van der Waals surface area contributed by atoms with Crippen LogP contribution in [-0.2, 0) is 16.0 Å². The Balaban J connectivity index is 1.42. The van der Waals surface area contributed by atoms with Gasteiger partial charge in [-0.3, -0.25) is 4.68 Å². The SMILES string of the molecule is CCn1cc(Br)c(C(=O)OC[C@@]23CO[C@@H]4c5ccccc5O[C@](C)(C[C@@H]2C)[C@H]4[C@H]3C)n1. The van der Waals surface area contributed by atoms with Crippen molar-refractivity contribution in [3.63, 3.8) is 0 Å². The van der Waals surface area contributed by atoms with Crippen LogP contribution in [0, 0.1) is 23.2 Å². The molecule has 1 saturated carbocycles. The molecule has 3 aliphatic rings. The Morgan fingerprint density at radius 3 is 2.87 bits per heavy atom. The zero-order chi connectivity index (χ0) is 22.0. The summed E-state index contributed by atoms with van der Waals surface area (Å²) >= 11 is 3.43. The molecule has 2 bridgehead atoms. The highest BCUT2D eigenvalue weighted by Gasteiger charge is 2.64. The van der Waals surface area contributed by atoms with Gasteiger partial charge in [0.15, 0.2) is 5.69 Å². The lowest BCUT2D eigenvalue weighted by atomic mass is 9.50. The number of rotatable bonds is 4. The molecule has 1 saturated heterocycles. The summed E-state index contributed by atoms with van der Waals surface area (Å²) in [6.07, 6.45) is 2.72. The molecule has 0 unspecified atom stereocenters. The Morgan fingerprint density at radius 2 is 2.13 bits per heavy atom. The molecule has 2 aliphatic heterocycles. The zero-order valence-electron chi connectivity index (χ0n) is 18.4. The number of carbonyl (C=O) groups is 1. The number of nitrogens with zero attached hydrogens (tertiary/aromatic N) is 2. The molecule has 2 fully saturated rings. The molecule has 1 aromatic heterocycles. The summed E-state index contributed by atoms with van der Waals surface area (Å²) in [4.78, 5) is 12.8. The maximum atomic E-state index is 12.8. The van der Waals surface area contributed by atoms with E-state index in [9.17, 15) is 4.79 Å². The van der Waals surface area contributed by atoms with E-state index in [0.717, 1.165) is 17.7 Å². The van der Waals surface area contributed by atoms with E-state index < -0.39 is 5.97 Å². The van der Waals surface area contributed by atoms with Gasteiger partial charge in [0.1, 0.15) is 18.0 Å². The van der Waals surface area contributed by atoms with Crippen molar-refractivity contribution in [2.24, 2.45) is 23.2 Å². The predicted octanol–water partition coefficient (Wildman–Crippen LogP) is 5.02. The Labute approximate surface area is 191 Å². The first-order chi connectivity index (χ1) is 14.8. The first-order valence-corrected chi connectivity index (χ1v) is 11.9. The molecule has 3 heterocycles. The van der Waals surface area contributed by atoms with Crippen LogP contribution in [0.1, 0.15) is 56.3 Å². The molecular formula is C24H29BrN2O4. The van der Waals surface area contributed by atoms with E-state index >= 15 is 0 Å². The van der Waals surface area contributed by atoms with Crippen molar-refractivity contribution in [3.05, 3.63) is 46.2 Å². The number of para-hydroxylation sites is 1. The number of ether oxygens (including phenoxy) is 3. The van der Waals surface area contributed by atoms with E-state index in [-0.39, 0.29) is 34.9 Å². The quantitative estimate of drug-likeness (QED) is 0.565. The molecule has 7 heteroatoms. The summed E-state index contributed by atoms with van der Waals surface area (Å²) in [5.74, 6) is 1.30. The summed E-state index contributed by atoms with van der Waals surface area (Å²) in [6.45, 7) is 10.3. The highest BCUT2D eigenvalue weighted by molar-refractivity contribution is 9.10. The van der Waals surface area contributed by atoms with Gasteiger partial charge in [-0.15, -0.1) is 0 Å². The van der Waals surface area contributed by atoms with Crippen molar-refractivity contribution < 1.29 is 19.0 Å². The van der Waals surface area contributed by atoms with Gasteiger partial charge in [0.05, 0.1) is 17.2 Å². The average molecular weight is 489 g/mol. The second-order valence-electron chi connectivity index (χ2n) is 9.59. The molecule has 5 rings (SSSR count). The normalized spacial score (nSPS) is 35.8. The minimum absolute atomic E-state index is 0.00988. The maximum absolute atomic E-state index is 12.8. The summed E-state index contributed by atoms with van der Waals surface area (Å²) in [5, 5.41) is 4.33. The van der Waals surface area contributed by atoms with Gasteiger partial charge < -0.3 is 14.2 Å². The van der Waals surface area contributed by atoms with Gasteiger partial charge in [-0.25, -0.2) is 4.79 Å². The second kappa shape index (κ2) is 7.34. The molecule has 2 aromatic rings. The van der Waals surface area contributed by atoms with Gasteiger partial charge in [0.2, 0.25) is 0 Å². The van der Waals surface area contributed by atoms with E-state index in [4.69, 9.17) is 14.2 Å². The van der Waals surface area contributed by atoms with Gasteiger partial charge >= 0.3 is 5.97 Å². The van der Waals surface area contributed by atoms with Crippen LogP contribution in [0.25, 0.3) is 0 Å². The number of aryl methyl sites for hydroxylation is 1. The van der Waals surface area contributed by atoms with Crippen molar-refractivity contribution in [1.82, 2.24) is 9.78 Å². The number of fused-ring (bicyclic) bond motifs is 3. The number of halogens is 1. The number of carbonyl (C=O) groups excluding carboxylic acids is 1. The van der Waals surface area contributed by atoms with Gasteiger partial charge in [0, 0.05) is 29.6 Å². The Kier molecular flexibility index (Phi) is 4.97. The van der Waals surface area contributed by atoms with Crippen LogP contribution in [-0.4, -0.2) is 34.6 Å². The van der Waals surface area contributed by atoms with Crippen molar-refractivity contribution in [2.75, 3.05) is 13.2 Å². The number of hydrogen-bond acceptors (Lipinski definition) is 5. The predicted molar refractivity (Wildman–Crippen MR) is 119 cm³/mol. The van der Waals surface area contributed by atoms with Gasteiger partial charge in [-0.2, -0.15) is 5.10 Å². The minimum atomic E-state index is -0.395. The summed E-state index contributed by atoms with van der Waals surface area (Å²) in [7, 11) is 0. The number of esters is 1.